The van der Waals surface area contributed by atoms with Crippen molar-refractivity contribution in [2.75, 3.05) is 6.54 Å². The number of aromatic nitrogens is 1. The van der Waals surface area contributed by atoms with Crippen LogP contribution in [0.3, 0.4) is 0 Å². The van der Waals surface area contributed by atoms with E-state index in [2.05, 4.69) is 22.4 Å². The van der Waals surface area contributed by atoms with Crippen LogP contribution in [0, 0.1) is 13.8 Å². The van der Waals surface area contributed by atoms with Crippen LogP contribution < -0.4 is 5.32 Å². The minimum absolute atomic E-state index is 0.0243. The van der Waals surface area contributed by atoms with Gasteiger partial charge >= 0.3 is 0 Å². The summed E-state index contributed by atoms with van der Waals surface area (Å²) in [5, 5.41) is 3.82. The first kappa shape index (κ1) is 18.7. The summed E-state index contributed by atoms with van der Waals surface area (Å²) in [6.07, 6.45) is 4.42. The highest BCUT2D eigenvalue weighted by molar-refractivity contribution is 6.30. The van der Waals surface area contributed by atoms with Gasteiger partial charge in [0.2, 0.25) is 0 Å². The molecule has 3 rings (SSSR count). The van der Waals surface area contributed by atoms with Crippen molar-refractivity contribution in [1.82, 2.24) is 10.3 Å². The number of aryl methyl sites for hydroxylation is 1. The highest BCUT2D eigenvalue weighted by Crippen LogP contribution is 2.41. The molecule has 1 fully saturated rings. The molecule has 0 aliphatic heterocycles. The smallest absolute Gasteiger partial charge is 0.268 e. The van der Waals surface area contributed by atoms with Gasteiger partial charge in [0.25, 0.3) is 5.91 Å². The molecule has 1 aromatic carbocycles. The summed E-state index contributed by atoms with van der Waals surface area (Å²) in [6.45, 7) is 5.76. The van der Waals surface area contributed by atoms with E-state index in [1.165, 1.54) is 12.5 Å². The average Bonchev–Trinajstić information content (AvgIpc) is 3.18. The molecular formula is C21H25ClN2O2. The Labute approximate surface area is 159 Å². The van der Waals surface area contributed by atoms with Gasteiger partial charge in [-0.2, -0.15) is 0 Å². The molecule has 0 bridgehead atoms. The van der Waals surface area contributed by atoms with Crippen LogP contribution in [0.25, 0.3) is 0 Å². The van der Waals surface area contributed by atoms with Crippen molar-refractivity contribution < 1.29 is 9.59 Å². The number of H-pyrrole nitrogens is 1. The predicted octanol–water partition coefficient (Wildman–Crippen LogP) is 4.73. The third-order valence-electron chi connectivity index (χ3n) is 5.62. The maximum Gasteiger partial charge on any atom is 0.268 e. The Morgan fingerprint density at radius 2 is 1.77 bits per heavy atom. The fourth-order valence-electron chi connectivity index (χ4n) is 4.27. The lowest BCUT2D eigenvalue weighted by Crippen LogP contribution is -2.39. The van der Waals surface area contributed by atoms with Crippen LogP contribution in [0.1, 0.15) is 70.3 Å². The average molecular weight is 373 g/mol. The number of benzene rings is 1. The van der Waals surface area contributed by atoms with E-state index in [-0.39, 0.29) is 17.1 Å². The quantitative estimate of drug-likeness (QED) is 0.745. The summed E-state index contributed by atoms with van der Waals surface area (Å²) in [5.74, 6) is -0.179. The fourth-order valence-corrected chi connectivity index (χ4v) is 4.39. The molecule has 5 heteroatoms. The first-order valence-electron chi connectivity index (χ1n) is 9.08. The predicted molar refractivity (Wildman–Crippen MR) is 104 cm³/mol. The van der Waals surface area contributed by atoms with Crippen LogP contribution >= 0.6 is 11.6 Å². The molecule has 1 amide bonds. The van der Waals surface area contributed by atoms with E-state index < -0.39 is 0 Å². The molecule has 2 N–H and O–H groups in total. The van der Waals surface area contributed by atoms with E-state index in [1.807, 2.05) is 26.0 Å². The molecule has 1 saturated carbocycles. The fraction of sp³-hybridized carbons (Fsp3) is 0.429. The molecule has 2 aromatic rings. The minimum atomic E-state index is -0.154. The van der Waals surface area contributed by atoms with Gasteiger partial charge in [-0.05, 0) is 56.9 Å². The lowest BCUT2D eigenvalue weighted by atomic mass is 9.79. The molecular weight excluding hydrogens is 348 g/mol. The Morgan fingerprint density at radius 1 is 1.15 bits per heavy atom. The molecule has 0 saturated heterocycles. The van der Waals surface area contributed by atoms with Crippen LogP contribution in [-0.2, 0) is 5.41 Å². The maximum absolute atomic E-state index is 12.8. The SMILES string of the molecule is CC(=O)c1c(C)[nH]c(C(=O)NCC2(c3ccc(Cl)cc3)CCCC2)c1C. The van der Waals surface area contributed by atoms with Crippen molar-refractivity contribution in [3.05, 3.63) is 57.4 Å². The van der Waals surface area contributed by atoms with Gasteiger partial charge in [-0.25, -0.2) is 0 Å². The summed E-state index contributed by atoms with van der Waals surface area (Å²) in [7, 11) is 0. The lowest BCUT2D eigenvalue weighted by molar-refractivity contribution is 0.0938. The van der Waals surface area contributed by atoms with Gasteiger partial charge < -0.3 is 10.3 Å². The zero-order valence-corrected chi connectivity index (χ0v) is 16.3. The molecule has 1 heterocycles. The Hall–Kier alpha value is -2.07. The topological polar surface area (TPSA) is 62.0 Å². The molecule has 0 unspecified atom stereocenters. The molecule has 1 aromatic heterocycles. The number of ketones is 1. The number of rotatable bonds is 5. The second kappa shape index (κ2) is 7.28. The normalized spacial score (nSPS) is 15.8. The summed E-state index contributed by atoms with van der Waals surface area (Å²) in [5.41, 5.74) is 3.75. The number of halogens is 1. The van der Waals surface area contributed by atoms with Gasteiger partial charge in [0.15, 0.2) is 5.78 Å². The second-order valence-corrected chi connectivity index (χ2v) is 7.79. The zero-order chi connectivity index (χ0) is 18.9. The molecule has 1 aliphatic rings. The molecule has 0 spiro atoms. The number of amides is 1. The number of carbonyl (C=O) groups excluding carboxylic acids is 2. The van der Waals surface area contributed by atoms with Crippen LogP contribution in [0.5, 0.6) is 0 Å². The Kier molecular flexibility index (Phi) is 5.24. The van der Waals surface area contributed by atoms with Crippen LogP contribution in [0.2, 0.25) is 5.02 Å². The highest BCUT2D eigenvalue weighted by atomic mass is 35.5. The van der Waals surface area contributed by atoms with Crippen molar-refractivity contribution in [3.63, 3.8) is 0 Å². The molecule has 26 heavy (non-hydrogen) atoms. The molecule has 4 nitrogen and oxygen atoms in total. The number of carbonyl (C=O) groups is 2. The Morgan fingerprint density at radius 3 is 2.31 bits per heavy atom. The largest absolute Gasteiger partial charge is 0.354 e. The summed E-state index contributed by atoms with van der Waals surface area (Å²) in [6, 6.07) is 7.96. The van der Waals surface area contributed by atoms with Gasteiger partial charge in [0, 0.05) is 28.2 Å². The van der Waals surface area contributed by atoms with E-state index >= 15 is 0 Å². The Bertz CT molecular complexity index is 830. The van der Waals surface area contributed by atoms with Gasteiger partial charge in [0.1, 0.15) is 5.69 Å². The first-order valence-corrected chi connectivity index (χ1v) is 9.46. The van der Waals surface area contributed by atoms with Crippen molar-refractivity contribution >= 4 is 23.3 Å². The summed E-state index contributed by atoms with van der Waals surface area (Å²) in [4.78, 5) is 27.6. The molecule has 0 radical (unpaired) electrons. The first-order chi connectivity index (χ1) is 12.3. The van der Waals surface area contributed by atoms with Crippen LogP contribution in [0.15, 0.2) is 24.3 Å². The van der Waals surface area contributed by atoms with E-state index in [9.17, 15) is 9.59 Å². The lowest BCUT2D eigenvalue weighted by Gasteiger charge is -2.30. The summed E-state index contributed by atoms with van der Waals surface area (Å²) >= 11 is 6.03. The highest BCUT2D eigenvalue weighted by Gasteiger charge is 2.36. The van der Waals surface area contributed by atoms with Crippen molar-refractivity contribution in [1.29, 1.82) is 0 Å². The number of Topliss-reactive ketones (excluding diaryl/α,β-unsaturated/α-hetero) is 1. The van der Waals surface area contributed by atoms with E-state index in [4.69, 9.17) is 11.6 Å². The third kappa shape index (κ3) is 3.43. The second-order valence-electron chi connectivity index (χ2n) is 7.36. The number of nitrogens with one attached hydrogen (secondary N) is 2. The standard InChI is InChI=1S/C21H25ClN2O2/c1-13-18(15(3)25)14(2)24-19(13)20(26)23-12-21(10-4-5-11-21)16-6-8-17(22)9-7-16/h6-9,24H,4-5,10-12H2,1-3H3,(H,23,26). The monoisotopic (exact) mass is 372 g/mol. The minimum Gasteiger partial charge on any atom is -0.354 e. The van der Waals surface area contributed by atoms with E-state index in [0.29, 0.717) is 17.8 Å². The van der Waals surface area contributed by atoms with Gasteiger partial charge in [-0.15, -0.1) is 0 Å². The molecule has 138 valence electrons. The van der Waals surface area contributed by atoms with Crippen molar-refractivity contribution in [3.8, 4) is 0 Å². The van der Waals surface area contributed by atoms with Crippen molar-refractivity contribution in [2.24, 2.45) is 0 Å². The van der Waals surface area contributed by atoms with E-state index in [0.717, 1.165) is 42.0 Å². The van der Waals surface area contributed by atoms with Gasteiger partial charge in [-0.3, -0.25) is 9.59 Å². The van der Waals surface area contributed by atoms with Gasteiger partial charge in [0.05, 0.1) is 0 Å². The third-order valence-corrected chi connectivity index (χ3v) is 5.87. The molecule has 1 aliphatic carbocycles. The number of aromatic amines is 1. The van der Waals surface area contributed by atoms with E-state index in [1.54, 1.807) is 0 Å². The summed E-state index contributed by atoms with van der Waals surface area (Å²) < 4.78 is 0. The van der Waals surface area contributed by atoms with Gasteiger partial charge in [-0.1, -0.05) is 36.6 Å². The van der Waals surface area contributed by atoms with Crippen LogP contribution in [-0.4, -0.2) is 23.2 Å². The number of hydrogen-bond donors (Lipinski definition) is 2. The Balaban J connectivity index is 1.80. The maximum atomic E-state index is 12.8. The zero-order valence-electron chi connectivity index (χ0n) is 15.5. The number of hydrogen-bond acceptors (Lipinski definition) is 2. The molecule has 0 atom stereocenters. The van der Waals surface area contributed by atoms with Crippen LogP contribution in [0.4, 0.5) is 0 Å². The van der Waals surface area contributed by atoms with Crippen molar-refractivity contribution in [2.45, 2.75) is 51.9 Å².